The minimum atomic E-state index is -0.421. The van der Waals surface area contributed by atoms with Crippen LogP contribution in [0, 0.1) is 46.3 Å². The standard InChI is InChI=1S/C38H65N3O8/c1-5-6-7-8-9-10-17-46-32(42)14-11-24(2)27-12-13-28-36-29(20-31(38(27,28)4)49-35(45)23-41)37(3)16-15-26(47-33(43)21-39)18-25(37)19-30(36)48-34(44)22-40/h24-31,36H,5-23,39-41H2,1-4H3/t24-,25+,26-,27-,28+,29+,30-,31+,36+,37+,38-/m1/s1. The van der Waals surface area contributed by atoms with Gasteiger partial charge in [0.2, 0.25) is 0 Å². The van der Waals surface area contributed by atoms with Gasteiger partial charge < -0.3 is 36.1 Å². The molecule has 280 valence electrons. The van der Waals surface area contributed by atoms with Crippen molar-refractivity contribution >= 4 is 23.9 Å². The predicted molar refractivity (Wildman–Crippen MR) is 186 cm³/mol. The van der Waals surface area contributed by atoms with Gasteiger partial charge in [-0.05, 0) is 92.8 Å². The lowest BCUT2D eigenvalue weighted by atomic mass is 9.43. The lowest BCUT2D eigenvalue weighted by molar-refractivity contribution is -0.225. The molecule has 49 heavy (non-hydrogen) atoms. The maximum atomic E-state index is 12.9. The Bertz CT molecular complexity index is 1140. The van der Waals surface area contributed by atoms with Crippen LogP contribution >= 0.6 is 0 Å². The molecule has 4 rings (SSSR count). The minimum Gasteiger partial charge on any atom is -0.466 e. The van der Waals surface area contributed by atoms with Crippen molar-refractivity contribution in [2.24, 2.45) is 63.5 Å². The number of esters is 4. The number of rotatable bonds is 17. The van der Waals surface area contributed by atoms with Gasteiger partial charge in [0.15, 0.2) is 0 Å². The lowest BCUT2D eigenvalue weighted by Crippen LogP contribution is -2.63. The molecule has 0 amide bonds. The first kappa shape index (κ1) is 39.5. The summed E-state index contributed by atoms with van der Waals surface area (Å²) in [6, 6.07) is 0. The van der Waals surface area contributed by atoms with E-state index in [-0.39, 0.29) is 84.8 Å². The second kappa shape index (κ2) is 17.8. The van der Waals surface area contributed by atoms with Gasteiger partial charge in [0.25, 0.3) is 0 Å². The van der Waals surface area contributed by atoms with Crippen LogP contribution in [0.25, 0.3) is 0 Å². The SMILES string of the molecule is CCCCCCCCOC(=O)CC[C@@H](C)[C@H]1CC[C@H]2[C@@H]3[C@H](OC(=O)CN)C[C@@H]4C[C@H](OC(=O)CN)CC[C@]4(C)[C@H]3C[C@H](OC(=O)CN)[C@]12C. The van der Waals surface area contributed by atoms with Gasteiger partial charge in [-0.25, -0.2) is 0 Å². The Kier molecular flexibility index (Phi) is 14.4. The molecule has 0 bridgehead atoms. The van der Waals surface area contributed by atoms with Crippen LogP contribution in [0.15, 0.2) is 0 Å². The zero-order valence-electron chi connectivity index (χ0n) is 30.6. The maximum Gasteiger partial charge on any atom is 0.319 e. The van der Waals surface area contributed by atoms with E-state index in [0.29, 0.717) is 38.7 Å². The van der Waals surface area contributed by atoms with E-state index in [0.717, 1.165) is 38.5 Å². The first-order chi connectivity index (χ1) is 23.4. The Labute approximate surface area is 293 Å². The summed E-state index contributed by atoms with van der Waals surface area (Å²) in [5.41, 5.74) is 16.6. The van der Waals surface area contributed by atoms with Crippen LogP contribution in [-0.4, -0.2) is 68.4 Å². The van der Waals surface area contributed by atoms with E-state index in [1.54, 1.807) is 0 Å². The normalized spacial score (nSPS) is 35.7. The number of hydrogen-bond donors (Lipinski definition) is 3. The third-order valence-electron chi connectivity index (χ3n) is 13.4. The third-order valence-corrected chi connectivity index (χ3v) is 13.4. The summed E-state index contributed by atoms with van der Waals surface area (Å²) in [6.07, 6.45) is 12.4. The monoisotopic (exact) mass is 691 g/mol. The van der Waals surface area contributed by atoms with Crippen LogP contribution in [0.4, 0.5) is 0 Å². The lowest BCUT2D eigenvalue weighted by Gasteiger charge is -2.64. The predicted octanol–water partition coefficient (Wildman–Crippen LogP) is 4.80. The van der Waals surface area contributed by atoms with Crippen molar-refractivity contribution in [2.75, 3.05) is 26.2 Å². The van der Waals surface area contributed by atoms with E-state index in [1.807, 2.05) is 0 Å². The molecule has 11 atom stereocenters. The van der Waals surface area contributed by atoms with Crippen molar-refractivity contribution in [3.8, 4) is 0 Å². The molecule has 0 spiro atoms. The average molecular weight is 692 g/mol. The van der Waals surface area contributed by atoms with Crippen molar-refractivity contribution in [1.29, 1.82) is 0 Å². The molecule has 0 aromatic heterocycles. The van der Waals surface area contributed by atoms with Crippen LogP contribution in [0.3, 0.4) is 0 Å². The zero-order valence-corrected chi connectivity index (χ0v) is 30.6. The summed E-state index contributed by atoms with van der Waals surface area (Å²) in [5.74, 6) is -0.547. The molecule has 11 heteroatoms. The van der Waals surface area contributed by atoms with Gasteiger partial charge in [-0.1, -0.05) is 59.8 Å². The number of unbranched alkanes of at least 4 members (excludes halogenated alkanes) is 5. The number of nitrogens with two attached hydrogens (primary N) is 3. The van der Waals surface area contributed by atoms with E-state index < -0.39 is 23.3 Å². The molecule has 0 unspecified atom stereocenters. The van der Waals surface area contributed by atoms with Crippen molar-refractivity contribution in [3.63, 3.8) is 0 Å². The molecule has 0 aromatic carbocycles. The first-order valence-corrected chi connectivity index (χ1v) is 19.3. The van der Waals surface area contributed by atoms with Crippen LogP contribution in [0.1, 0.15) is 124 Å². The summed E-state index contributed by atoms with van der Waals surface area (Å²) >= 11 is 0. The third kappa shape index (κ3) is 8.98. The number of carbonyl (C=O) groups excluding carboxylic acids is 4. The van der Waals surface area contributed by atoms with Crippen molar-refractivity contribution < 1.29 is 38.1 Å². The summed E-state index contributed by atoms with van der Waals surface area (Å²) < 4.78 is 23.8. The summed E-state index contributed by atoms with van der Waals surface area (Å²) in [5, 5.41) is 0. The summed E-state index contributed by atoms with van der Waals surface area (Å²) in [4.78, 5) is 50.5. The fourth-order valence-electron chi connectivity index (χ4n) is 10.8. The Hall–Kier alpha value is -2.24. The van der Waals surface area contributed by atoms with Crippen LogP contribution in [0.5, 0.6) is 0 Å². The van der Waals surface area contributed by atoms with Crippen molar-refractivity contribution in [2.45, 2.75) is 142 Å². The Morgan fingerprint density at radius 3 is 2.10 bits per heavy atom. The second-order valence-electron chi connectivity index (χ2n) is 16.0. The Balaban J connectivity index is 1.53. The highest BCUT2D eigenvalue weighted by atomic mass is 16.6. The molecular weight excluding hydrogens is 626 g/mol. The fraction of sp³-hybridized carbons (Fsp3) is 0.895. The molecule has 0 aromatic rings. The molecule has 0 heterocycles. The van der Waals surface area contributed by atoms with E-state index in [2.05, 4.69) is 27.7 Å². The van der Waals surface area contributed by atoms with Crippen molar-refractivity contribution in [1.82, 2.24) is 0 Å². The van der Waals surface area contributed by atoms with Crippen molar-refractivity contribution in [3.05, 3.63) is 0 Å². The molecule has 6 N–H and O–H groups in total. The molecule has 0 radical (unpaired) electrons. The van der Waals surface area contributed by atoms with Gasteiger partial charge in [-0.15, -0.1) is 0 Å². The molecular formula is C38H65N3O8. The van der Waals surface area contributed by atoms with E-state index in [1.165, 1.54) is 25.7 Å². The van der Waals surface area contributed by atoms with Gasteiger partial charge in [-0.3, -0.25) is 19.2 Å². The fourth-order valence-corrected chi connectivity index (χ4v) is 10.8. The van der Waals surface area contributed by atoms with E-state index in [4.69, 9.17) is 36.1 Å². The highest BCUT2D eigenvalue weighted by Gasteiger charge is 2.67. The zero-order chi connectivity index (χ0) is 35.8. The first-order valence-electron chi connectivity index (χ1n) is 19.3. The van der Waals surface area contributed by atoms with Crippen LogP contribution in [0.2, 0.25) is 0 Å². The van der Waals surface area contributed by atoms with E-state index in [9.17, 15) is 19.2 Å². The number of ether oxygens (including phenoxy) is 4. The number of hydrogen-bond acceptors (Lipinski definition) is 11. The van der Waals surface area contributed by atoms with Crippen LogP contribution in [-0.2, 0) is 38.1 Å². The smallest absolute Gasteiger partial charge is 0.319 e. The summed E-state index contributed by atoms with van der Waals surface area (Å²) in [6.45, 7) is 8.92. The minimum absolute atomic E-state index is 0.0669. The second-order valence-corrected chi connectivity index (χ2v) is 16.0. The van der Waals surface area contributed by atoms with Gasteiger partial charge in [0, 0.05) is 17.8 Å². The van der Waals surface area contributed by atoms with Gasteiger partial charge in [0.1, 0.15) is 18.3 Å². The number of carbonyl (C=O) groups is 4. The topological polar surface area (TPSA) is 183 Å². The van der Waals surface area contributed by atoms with Gasteiger partial charge >= 0.3 is 23.9 Å². The molecule has 4 saturated carbocycles. The van der Waals surface area contributed by atoms with Gasteiger partial charge in [0.05, 0.1) is 26.2 Å². The highest BCUT2D eigenvalue weighted by molar-refractivity contribution is 5.72. The maximum absolute atomic E-state index is 12.9. The summed E-state index contributed by atoms with van der Waals surface area (Å²) in [7, 11) is 0. The average Bonchev–Trinajstić information content (AvgIpc) is 3.45. The van der Waals surface area contributed by atoms with Crippen LogP contribution < -0.4 is 17.2 Å². The molecule has 4 aliphatic rings. The largest absolute Gasteiger partial charge is 0.466 e. The molecule has 4 fully saturated rings. The van der Waals surface area contributed by atoms with Gasteiger partial charge in [-0.2, -0.15) is 0 Å². The Morgan fingerprint density at radius 2 is 1.41 bits per heavy atom. The molecule has 11 nitrogen and oxygen atoms in total. The molecule has 4 aliphatic carbocycles. The molecule has 0 aliphatic heterocycles. The molecule has 0 saturated heterocycles. The quantitative estimate of drug-likeness (QED) is 0.108. The number of fused-ring (bicyclic) bond motifs is 5. The highest BCUT2D eigenvalue weighted by Crippen LogP contribution is 2.69. The Morgan fingerprint density at radius 1 is 0.755 bits per heavy atom. The van der Waals surface area contributed by atoms with E-state index >= 15 is 0 Å².